The topological polar surface area (TPSA) is 35.8 Å². The molecule has 0 bridgehead atoms. The van der Waals surface area contributed by atoms with Gasteiger partial charge in [0.25, 0.3) is 0 Å². The average molecular weight is 323 g/mol. The summed E-state index contributed by atoms with van der Waals surface area (Å²) in [5, 5.41) is 12.5. The number of amidine groups is 1. The van der Waals surface area contributed by atoms with Crippen molar-refractivity contribution in [3.8, 4) is 0 Å². The molecule has 0 aliphatic carbocycles. The summed E-state index contributed by atoms with van der Waals surface area (Å²) < 4.78 is 1.10. The third-order valence-corrected chi connectivity index (χ3v) is 6.14. The lowest BCUT2D eigenvalue weighted by atomic mass is 10.2. The monoisotopic (exact) mass is 322 g/mol. The summed E-state index contributed by atoms with van der Waals surface area (Å²) in [4.78, 5) is 8.81. The normalized spacial score (nSPS) is 18.1. The van der Waals surface area contributed by atoms with E-state index in [-0.39, 0.29) is 6.61 Å². The Morgan fingerprint density at radius 2 is 2.30 bits per heavy atom. The second-order valence-electron chi connectivity index (χ2n) is 4.62. The van der Waals surface area contributed by atoms with Gasteiger partial charge in [-0.2, -0.15) is 0 Å². The van der Waals surface area contributed by atoms with Crippen LogP contribution in [0.2, 0.25) is 5.02 Å². The molecule has 1 aromatic carbocycles. The average Bonchev–Trinajstić information content (AvgIpc) is 3.10. The van der Waals surface area contributed by atoms with Crippen LogP contribution in [0.25, 0.3) is 15.8 Å². The van der Waals surface area contributed by atoms with Crippen LogP contribution in [0.15, 0.2) is 34.2 Å². The minimum atomic E-state index is 0.0531. The molecule has 2 aromatic rings. The van der Waals surface area contributed by atoms with Crippen LogP contribution in [0, 0.1) is 0 Å². The van der Waals surface area contributed by atoms with Gasteiger partial charge in [-0.05, 0) is 17.5 Å². The predicted octanol–water partition coefficient (Wildman–Crippen LogP) is 3.63. The summed E-state index contributed by atoms with van der Waals surface area (Å²) in [6.07, 6.45) is 0. The van der Waals surface area contributed by atoms with Gasteiger partial charge < -0.3 is 10.0 Å². The van der Waals surface area contributed by atoms with E-state index < -0.39 is 0 Å². The van der Waals surface area contributed by atoms with Crippen LogP contribution in [0.5, 0.6) is 0 Å². The first-order chi connectivity index (χ1) is 9.78. The fourth-order valence-corrected chi connectivity index (χ4v) is 5.11. The van der Waals surface area contributed by atoms with Gasteiger partial charge in [0.2, 0.25) is 0 Å². The van der Waals surface area contributed by atoms with Crippen molar-refractivity contribution in [2.24, 2.45) is 4.99 Å². The number of aliphatic hydroxyl groups is 1. The van der Waals surface area contributed by atoms with Crippen molar-refractivity contribution in [2.45, 2.75) is 0 Å². The Kier molecular flexibility index (Phi) is 3.03. The molecule has 20 heavy (non-hydrogen) atoms. The highest BCUT2D eigenvalue weighted by atomic mass is 35.5. The molecule has 0 unspecified atom stereocenters. The van der Waals surface area contributed by atoms with Gasteiger partial charge in [0.15, 0.2) is 5.17 Å². The lowest BCUT2D eigenvalue weighted by Crippen LogP contribution is -2.19. The van der Waals surface area contributed by atoms with E-state index in [0.717, 1.165) is 48.8 Å². The first-order valence-electron chi connectivity index (χ1n) is 6.30. The Morgan fingerprint density at radius 3 is 3.10 bits per heavy atom. The maximum atomic E-state index is 9.60. The van der Waals surface area contributed by atoms with E-state index in [1.165, 1.54) is 0 Å². The highest BCUT2D eigenvalue weighted by Gasteiger charge is 2.33. The summed E-state index contributed by atoms with van der Waals surface area (Å²) >= 11 is 9.52. The molecule has 4 rings (SSSR count). The molecule has 2 aliphatic rings. The van der Waals surface area contributed by atoms with E-state index in [4.69, 9.17) is 11.6 Å². The minimum Gasteiger partial charge on any atom is -0.391 e. The lowest BCUT2D eigenvalue weighted by molar-refractivity contribution is 0.339. The SMILES string of the molecule is OCC1=C(c2cc3cccc(Cl)c3s2)N2CCN=C2S1. The van der Waals surface area contributed by atoms with Crippen molar-refractivity contribution in [3.63, 3.8) is 0 Å². The van der Waals surface area contributed by atoms with Gasteiger partial charge >= 0.3 is 0 Å². The molecule has 3 nitrogen and oxygen atoms in total. The standard InChI is InChI=1S/C14H11ClN2OS2/c15-9-3-1-2-8-6-10(19-13(8)9)12-11(7-18)20-14-16-4-5-17(12)14/h1-3,6,18H,4-5,7H2. The fraction of sp³-hybridized carbons (Fsp3) is 0.214. The molecular formula is C14H11ClN2OS2. The van der Waals surface area contributed by atoms with Crippen LogP contribution < -0.4 is 0 Å². The number of aliphatic imine (C=N–C) groups is 1. The van der Waals surface area contributed by atoms with Gasteiger partial charge in [-0.15, -0.1) is 11.3 Å². The number of halogens is 1. The van der Waals surface area contributed by atoms with E-state index in [0.29, 0.717) is 0 Å². The van der Waals surface area contributed by atoms with Crippen molar-refractivity contribution < 1.29 is 5.11 Å². The van der Waals surface area contributed by atoms with Gasteiger partial charge in [0.1, 0.15) is 0 Å². The maximum absolute atomic E-state index is 9.60. The second kappa shape index (κ2) is 4.77. The third-order valence-electron chi connectivity index (χ3n) is 3.42. The smallest absolute Gasteiger partial charge is 0.168 e. The molecule has 3 heterocycles. The Morgan fingerprint density at radius 1 is 1.40 bits per heavy atom. The maximum Gasteiger partial charge on any atom is 0.168 e. The number of fused-ring (bicyclic) bond motifs is 2. The molecule has 6 heteroatoms. The zero-order chi connectivity index (χ0) is 13.7. The minimum absolute atomic E-state index is 0.0531. The molecule has 102 valence electrons. The quantitative estimate of drug-likeness (QED) is 0.917. The van der Waals surface area contributed by atoms with Crippen LogP contribution >= 0.6 is 34.7 Å². The summed E-state index contributed by atoms with van der Waals surface area (Å²) in [6, 6.07) is 8.10. The molecule has 0 saturated heterocycles. The molecular weight excluding hydrogens is 312 g/mol. The van der Waals surface area contributed by atoms with Gasteiger partial charge in [-0.1, -0.05) is 35.5 Å². The van der Waals surface area contributed by atoms with E-state index in [1.807, 2.05) is 12.1 Å². The summed E-state index contributed by atoms with van der Waals surface area (Å²) in [7, 11) is 0. The zero-order valence-corrected chi connectivity index (χ0v) is 12.9. The lowest BCUT2D eigenvalue weighted by Gasteiger charge is -2.15. The van der Waals surface area contributed by atoms with Gasteiger partial charge in [-0.25, -0.2) is 0 Å². The van der Waals surface area contributed by atoms with E-state index in [1.54, 1.807) is 23.1 Å². The summed E-state index contributed by atoms with van der Waals surface area (Å²) in [5.74, 6) is 0. The van der Waals surface area contributed by atoms with Gasteiger partial charge in [0, 0.05) is 11.4 Å². The fourth-order valence-electron chi connectivity index (χ4n) is 2.55. The molecule has 0 radical (unpaired) electrons. The molecule has 2 aliphatic heterocycles. The van der Waals surface area contributed by atoms with Crippen molar-refractivity contribution >= 4 is 55.7 Å². The van der Waals surface area contributed by atoms with Crippen molar-refractivity contribution in [3.05, 3.63) is 39.1 Å². The summed E-state index contributed by atoms with van der Waals surface area (Å²) in [6.45, 7) is 1.77. The largest absolute Gasteiger partial charge is 0.391 e. The molecule has 0 spiro atoms. The van der Waals surface area contributed by atoms with E-state index >= 15 is 0 Å². The van der Waals surface area contributed by atoms with Gasteiger partial charge in [0.05, 0.1) is 33.4 Å². The van der Waals surface area contributed by atoms with Crippen molar-refractivity contribution in [1.29, 1.82) is 0 Å². The van der Waals surface area contributed by atoms with Crippen LogP contribution in [-0.2, 0) is 0 Å². The van der Waals surface area contributed by atoms with Crippen molar-refractivity contribution in [2.75, 3.05) is 19.7 Å². The molecule has 0 atom stereocenters. The number of benzene rings is 1. The molecule has 1 aromatic heterocycles. The Labute approximate surface area is 129 Å². The van der Waals surface area contributed by atoms with Crippen molar-refractivity contribution in [1.82, 2.24) is 4.90 Å². The van der Waals surface area contributed by atoms with E-state index in [9.17, 15) is 5.11 Å². The molecule has 0 saturated carbocycles. The third kappa shape index (κ3) is 1.81. The van der Waals surface area contributed by atoms with Gasteiger partial charge in [-0.3, -0.25) is 4.99 Å². The van der Waals surface area contributed by atoms with Crippen LogP contribution in [-0.4, -0.2) is 34.9 Å². The first-order valence-corrected chi connectivity index (χ1v) is 8.31. The van der Waals surface area contributed by atoms with Crippen LogP contribution in [0.3, 0.4) is 0 Å². The molecule has 1 N–H and O–H groups in total. The number of thioether (sulfide) groups is 1. The number of thiophene rings is 1. The number of rotatable bonds is 2. The Balaban J connectivity index is 1.89. The highest BCUT2D eigenvalue weighted by Crippen LogP contribution is 2.45. The zero-order valence-electron chi connectivity index (χ0n) is 10.5. The predicted molar refractivity (Wildman–Crippen MR) is 87.4 cm³/mol. The van der Waals surface area contributed by atoms with Crippen LogP contribution in [0.4, 0.5) is 0 Å². The first kappa shape index (κ1) is 12.7. The Bertz CT molecular complexity index is 766. The van der Waals surface area contributed by atoms with Crippen LogP contribution in [0.1, 0.15) is 4.88 Å². The number of aliphatic hydroxyl groups excluding tert-OH is 1. The number of nitrogens with zero attached hydrogens (tertiary/aromatic N) is 2. The second-order valence-corrected chi connectivity index (χ2v) is 7.14. The number of hydrogen-bond donors (Lipinski definition) is 1. The molecule has 0 fully saturated rings. The molecule has 0 amide bonds. The van der Waals surface area contributed by atoms with E-state index in [2.05, 4.69) is 22.0 Å². The summed E-state index contributed by atoms with van der Waals surface area (Å²) in [5.41, 5.74) is 1.10. The highest BCUT2D eigenvalue weighted by molar-refractivity contribution is 8.17. The number of hydrogen-bond acceptors (Lipinski definition) is 5. The Hall–Kier alpha value is -1.01.